The van der Waals surface area contributed by atoms with Crippen LogP contribution in [0.5, 0.6) is 0 Å². The van der Waals surface area contributed by atoms with Gasteiger partial charge in [-0.2, -0.15) is 0 Å². The summed E-state index contributed by atoms with van der Waals surface area (Å²) in [6.45, 7) is 0. The van der Waals surface area contributed by atoms with E-state index < -0.39 is 33.8 Å². The van der Waals surface area contributed by atoms with Crippen molar-refractivity contribution >= 4 is 66.2 Å². The molecule has 0 saturated carbocycles. The van der Waals surface area contributed by atoms with Crippen LogP contribution in [0.3, 0.4) is 0 Å². The number of aromatic nitrogens is 2. The van der Waals surface area contributed by atoms with E-state index in [1.165, 1.54) is 60.9 Å². The molecule has 0 unspecified atom stereocenters. The topological polar surface area (TPSA) is 138 Å². The van der Waals surface area contributed by atoms with Crippen LogP contribution in [-0.2, 0) is 21.2 Å². The maximum Gasteiger partial charge on any atom is 0.326 e. The molecule has 0 fully saturated rings. The molecule has 0 saturated heterocycles. The Morgan fingerprint density at radius 3 is 2.57 bits per heavy atom. The maximum atomic E-state index is 13.5. The molecule has 190 valence electrons. The molecule has 0 aliphatic carbocycles. The monoisotopic (exact) mass is 606 g/mol. The van der Waals surface area contributed by atoms with E-state index in [1.807, 2.05) is 0 Å². The fraction of sp³-hybridized carbons (Fsp3) is 0.0833. The summed E-state index contributed by atoms with van der Waals surface area (Å²) in [6.07, 6.45) is 2.63. The van der Waals surface area contributed by atoms with Crippen LogP contribution in [-0.4, -0.2) is 41.4 Å². The Kier molecular flexibility index (Phi) is 7.71. The second-order valence-electron chi connectivity index (χ2n) is 7.79. The van der Waals surface area contributed by atoms with Crippen molar-refractivity contribution in [3.05, 3.63) is 93.4 Å². The standard InChI is InChI=1S/C24H17BrClFN4O5S/c25-16-10-13(4-7-17(16)27)11-20(24(33)34)30-23(32)15-6-5-14(26)12-19(15)31-37(35,36)21-3-1-2-18-22(21)29-9-8-28-18/h1-10,12,20,31H,11H2,(H,30,32)(H,33,34)/t20-/m0/s1. The second kappa shape index (κ2) is 10.8. The molecule has 0 bridgehead atoms. The minimum atomic E-state index is -4.26. The van der Waals surface area contributed by atoms with Gasteiger partial charge in [-0.05, 0) is 64.0 Å². The van der Waals surface area contributed by atoms with Crippen molar-refractivity contribution in [2.75, 3.05) is 4.72 Å². The zero-order valence-electron chi connectivity index (χ0n) is 18.7. The zero-order valence-corrected chi connectivity index (χ0v) is 21.8. The average molecular weight is 608 g/mol. The van der Waals surface area contributed by atoms with E-state index in [4.69, 9.17) is 11.6 Å². The van der Waals surface area contributed by atoms with Crippen molar-refractivity contribution in [1.82, 2.24) is 15.3 Å². The van der Waals surface area contributed by atoms with Crippen molar-refractivity contribution in [2.24, 2.45) is 0 Å². The van der Waals surface area contributed by atoms with E-state index in [2.05, 4.69) is 35.9 Å². The molecular formula is C24H17BrClFN4O5S. The molecule has 4 aromatic rings. The van der Waals surface area contributed by atoms with E-state index in [9.17, 15) is 27.5 Å². The van der Waals surface area contributed by atoms with Crippen LogP contribution < -0.4 is 10.0 Å². The number of fused-ring (bicyclic) bond motifs is 1. The zero-order chi connectivity index (χ0) is 26.7. The predicted octanol–water partition coefficient (Wildman–Crippen LogP) is 4.41. The van der Waals surface area contributed by atoms with E-state index in [0.717, 1.165) is 0 Å². The number of carbonyl (C=O) groups excluding carboxylic acids is 1. The fourth-order valence-corrected chi connectivity index (χ4v) is 5.36. The number of halogens is 3. The molecule has 0 aliphatic rings. The third-order valence-electron chi connectivity index (χ3n) is 5.25. The number of benzene rings is 3. The van der Waals surface area contributed by atoms with Crippen molar-refractivity contribution < 1.29 is 27.5 Å². The Balaban J connectivity index is 1.63. The lowest BCUT2D eigenvalue weighted by molar-refractivity contribution is -0.139. The van der Waals surface area contributed by atoms with Crippen molar-refractivity contribution in [2.45, 2.75) is 17.4 Å². The number of aliphatic carboxylic acids is 1. The molecule has 1 heterocycles. The van der Waals surface area contributed by atoms with Gasteiger partial charge in [0.15, 0.2) is 0 Å². The van der Waals surface area contributed by atoms with Crippen molar-refractivity contribution in [3.8, 4) is 0 Å². The highest BCUT2D eigenvalue weighted by Crippen LogP contribution is 2.27. The first kappa shape index (κ1) is 26.5. The number of carbonyl (C=O) groups is 2. The number of carboxylic acid groups (broad SMARTS) is 1. The summed E-state index contributed by atoms with van der Waals surface area (Å²) in [7, 11) is -4.26. The Morgan fingerprint density at radius 1 is 1.08 bits per heavy atom. The Hall–Kier alpha value is -3.61. The molecule has 0 aliphatic heterocycles. The lowest BCUT2D eigenvalue weighted by atomic mass is 10.0. The predicted molar refractivity (Wildman–Crippen MR) is 138 cm³/mol. The molecule has 4 rings (SSSR count). The van der Waals surface area contributed by atoms with Crippen LogP contribution in [0, 0.1) is 5.82 Å². The smallest absolute Gasteiger partial charge is 0.326 e. The largest absolute Gasteiger partial charge is 0.480 e. The minimum absolute atomic E-state index is 0.127. The van der Waals surface area contributed by atoms with Crippen LogP contribution >= 0.6 is 27.5 Å². The molecule has 0 spiro atoms. The Morgan fingerprint density at radius 2 is 1.84 bits per heavy atom. The third kappa shape index (κ3) is 6.04. The number of amides is 1. The first-order valence-electron chi connectivity index (χ1n) is 10.5. The molecule has 3 aromatic carbocycles. The second-order valence-corrected chi connectivity index (χ2v) is 10.7. The number of anilines is 1. The van der Waals surface area contributed by atoms with Crippen LogP contribution in [0.2, 0.25) is 5.02 Å². The molecular weight excluding hydrogens is 591 g/mol. The van der Waals surface area contributed by atoms with Crippen LogP contribution in [0.15, 0.2) is 76.4 Å². The van der Waals surface area contributed by atoms with Gasteiger partial charge in [0.05, 0.1) is 21.2 Å². The molecule has 37 heavy (non-hydrogen) atoms. The first-order chi connectivity index (χ1) is 17.5. The number of carboxylic acids is 1. The highest BCUT2D eigenvalue weighted by Gasteiger charge is 2.26. The normalized spacial score (nSPS) is 12.2. The van der Waals surface area contributed by atoms with Crippen molar-refractivity contribution in [3.63, 3.8) is 0 Å². The lowest BCUT2D eigenvalue weighted by Crippen LogP contribution is -2.42. The van der Waals surface area contributed by atoms with Crippen LogP contribution in [0.25, 0.3) is 11.0 Å². The van der Waals surface area contributed by atoms with Gasteiger partial charge in [0.2, 0.25) is 0 Å². The molecule has 0 radical (unpaired) electrons. The summed E-state index contributed by atoms with van der Waals surface area (Å²) in [5.74, 6) is -2.71. The highest BCUT2D eigenvalue weighted by atomic mass is 79.9. The van der Waals surface area contributed by atoms with E-state index in [1.54, 1.807) is 6.07 Å². The Labute approximate surface area is 223 Å². The molecule has 13 heteroatoms. The summed E-state index contributed by atoms with van der Waals surface area (Å²) in [5.41, 5.74) is 0.605. The number of hydrogen-bond donors (Lipinski definition) is 3. The number of hydrogen-bond acceptors (Lipinski definition) is 6. The minimum Gasteiger partial charge on any atom is -0.480 e. The van der Waals surface area contributed by atoms with Gasteiger partial charge in [0, 0.05) is 23.8 Å². The fourth-order valence-electron chi connectivity index (χ4n) is 3.52. The van der Waals surface area contributed by atoms with E-state index >= 15 is 0 Å². The van der Waals surface area contributed by atoms with Crippen molar-refractivity contribution in [1.29, 1.82) is 0 Å². The van der Waals surface area contributed by atoms with Crippen LogP contribution in [0.1, 0.15) is 15.9 Å². The number of para-hydroxylation sites is 1. The molecule has 1 aromatic heterocycles. The first-order valence-corrected chi connectivity index (χ1v) is 13.2. The number of nitrogens with one attached hydrogen (secondary N) is 2. The van der Waals surface area contributed by atoms with Gasteiger partial charge >= 0.3 is 5.97 Å². The van der Waals surface area contributed by atoms with E-state index in [-0.39, 0.29) is 37.6 Å². The highest BCUT2D eigenvalue weighted by molar-refractivity contribution is 9.10. The summed E-state index contributed by atoms with van der Waals surface area (Å²) in [4.78, 5) is 33.0. The SMILES string of the molecule is O=C(N[C@@H](Cc1ccc(F)c(Br)c1)C(=O)O)c1ccc(Cl)cc1NS(=O)(=O)c1cccc2nccnc12. The van der Waals surface area contributed by atoms with Gasteiger partial charge < -0.3 is 10.4 Å². The van der Waals surface area contributed by atoms with Crippen LogP contribution in [0.4, 0.5) is 10.1 Å². The maximum absolute atomic E-state index is 13.5. The quantitative estimate of drug-likeness (QED) is 0.270. The summed E-state index contributed by atoms with van der Waals surface area (Å²) in [6, 6.07) is 10.9. The third-order valence-corrected chi connectivity index (χ3v) is 7.49. The molecule has 3 N–H and O–H groups in total. The van der Waals surface area contributed by atoms with Gasteiger partial charge in [0.1, 0.15) is 22.3 Å². The van der Waals surface area contributed by atoms with Gasteiger partial charge in [-0.25, -0.2) is 17.6 Å². The number of nitrogens with zero attached hydrogens (tertiary/aromatic N) is 2. The summed E-state index contributed by atoms with van der Waals surface area (Å²) >= 11 is 9.11. The van der Waals surface area contributed by atoms with Gasteiger partial charge in [-0.3, -0.25) is 19.5 Å². The molecule has 1 amide bonds. The van der Waals surface area contributed by atoms with Gasteiger partial charge in [0.25, 0.3) is 15.9 Å². The molecule has 9 nitrogen and oxygen atoms in total. The summed E-state index contributed by atoms with van der Waals surface area (Å²) in [5, 5.41) is 12.2. The molecule has 1 atom stereocenters. The Bertz CT molecular complexity index is 1630. The van der Waals surface area contributed by atoms with E-state index in [0.29, 0.717) is 11.1 Å². The average Bonchev–Trinajstić information content (AvgIpc) is 2.85. The number of rotatable bonds is 8. The van der Waals surface area contributed by atoms with Gasteiger partial charge in [-0.15, -0.1) is 0 Å². The lowest BCUT2D eigenvalue weighted by Gasteiger charge is -2.17. The van der Waals surface area contributed by atoms with Gasteiger partial charge in [-0.1, -0.05) is 23.7 Å². The summed E-state index contributed by atoms with van der Waals surface area (Å²) < 4.78 is 42.5. The number of sulfonamides is 1.